The minimum Gasteiger partial charge on any atom is -0.508 e. The molecule has 1 aliphatic heterocycles. The fourth-order valence-corrected chi connectivity index (χ4v) is 3.12. The molecule has 2 amide bonds. The molecule has 6 nitrogen and oxygen atoms in total. The van der Waals surface area contributed by atoms with Crippen LogP contribution < -0.4 is 5.32 Å². The second-order valence-corrected chi connectivity index (χ2v) is 6.72. The first-order valence-corrected chi connectivity index (χ1v) is 8.69. The van der Waals surface area contributed by atoms with Crippen LogP contribution in [0.15, 0.2) is 42.5 Å². The number of benzene rings is 2. The maximum Gasteiger partial charge on any atom is 0.254 e. The van der Waals surface area contributed by atoms with Crippen LogP contribution in [0.3, 0.4) is 0 Å². The van der Waals surface area contributed by atoms with Crippen molar-refractivity contribution in [3.8, 4) is 11.5 Å². The average Bonchev–Trinajstić information content (AvgIpc) is 2.61. The van der Waals surface area contributed by atoms with Crippen LogP contribution >= 0.6 is 11.6 Å². The molecule has 0 saturated carbocycles. The van der Waals surface area contributed by atoms with E-state index in [0.717, 1.165) is 0 Å². The molecule has 3 rings (SSSR count). The van der Waals surface area contributed by atoms with Gasteiger partial charge in [-0.1, -0.05) is 11.6 Å². The molecule has 1 aliphatic rings. The highest BCUT2D eigenvalue weighted by molar-refractivity contribution is 6.30. The average molecular weight is 375 g/mol. The summed E-state index contributed by atoms with van der Waals surface area (Å²) in [5.74, 6) is -0.722. The number of piperidine rings is 1. The molecule has 26 heavy (non-hydrogen) atoms. The van der Waals surface area contributed by atoms with Gasteiger partial charge in [0.25, 0.3) is 11.8 Å². The number of hydrogen-bond donors (Lipinski definition) is 3. The van der Waals surface area contributed by atoms with Crippen molar-refractivity contribution in [3.63, 3.8) is 0 Å². The lowest BCUT2D eigenvalue weighted by molar-refractivity contribution is 0.0697. The molecule has 1 fully saturated rings. The lowest BCUT2D eigenvalue weighted by Crippen LogP contribution is -2.46. The number of aromatic hydroxyl groups is 2. The SMILES string of the molecule is O=C(NC1CCN(C(=O)c2cc(O)cc(O)c2)CC1)c1ccc(Cl)cc1. The summed E-state index contributed by atoms with van der Waals surface area (Å²) >= 11 is 5.82. The van der Waals surface area contributed by atoms with Gasteiger partial charge in [-0.2, -0.15) is 0 Å². The van der Waals surface area contributed by atoms with E-state index >= 15 is 0 Å². The van der Waals surface area contributed by atoms with Crippen LogP contribution in [0.2, 0.25) is 5.02 Å². The summed E-state index contributed by atoms with van der Waals surface area (Å²) in [6.45, 7) is 0.974. The molecule has 0 atom stereocenters. The number of phenolic OH excluding ortho intramolecular Hbond substituents is 2. The smallest absolute Gasteiger partial charge is 0.254 e. The molecule has 7 heteroatoms. The zero-order valence-corrected chi connectivity index (χ0v) is 14.7. The van der Waals surface area contributed by atoms with Crippen LogP contribution in [-0.2, 0) is 0 Å². The Morgan fingerprint density at radius 2 is 1.54 bits per heavy atom. The molecule has 136 valence electrons. The molecular formula is C19H19ClN2O4. The van der Waals surface area contributed by atoms with Crippen LogP contribution in [0.1, 0.15) is 33.6 Å². The van der Waals surface area contributed by atoms with Crippen LogP contribution in [-0.4, -0.2) is 46.1 Å². The summed E-state index contributed by atoms with van der Waals surface area (Å²) in [6, 6.07) is 10.5. The van der Waals surface area contributed by atoms with Crippen molar-refractivity contribution < 1.29 is 19.8 Å². The van der Waals surface area contributed by atoms with Gasteiger partial charge in [0.15, 0.2) is 0 Å². The molecule has 1 heterocycles. The molecule has 2 aromatic rings. The predicted octanol–water partition coefficient (Wildman–Crippen LogP) is 2.79. The number of rotatable bonds is 3. The van der Waals surface area contributed by atoms with E-state index in [4.69, 9.17) is 11.6 Å². The molecule has 3 N–H and O–H groups in total. The quantitative estimate of drug-likeness (QED) is 0.770. The van der Waals surface area contributed by atoms with E-state index in [1.165, 1.54) is 18.2 Å². The zero-order chi connectivity index (χ0) is 18.7. The molecule has 0 unspecified atom stereocenters. The number of phenols is 2. The Bertz CT molecular complexity index is 795. The van der Waals surface area contributed by atoms with Crippen molar-refractivity contribution >= 4 is 23.4 Å². The number of halogens is 1. The van der Waals surface area contributed by atoms with E-state index in [-0.39, 0.29) is 34.9 Å². The topological polar surface area (TPSA) is 89.9 Å². The van der Waals surface area contributed by atoms with Gasteiger partial charge in [-0.15, -0.1) is 0 Å². The van der Waals surface area contributed by atoms with Crippen molar-refractivity contribution in [2.45, 2.75) is 18.9 Å². The van der Waals surface area contributed by atoms with E-state index in [2.05, 4.69) is 5.32 Å². The summed E-state index contributed by atoms with van der Waals surface area (Å²) in [7, 11) is 0. The van der Waals surface area contributed by atoms with E-state index in [1.54, 1.807) is 29.2 Å². The Morgan fingerprint density at radius 1 is 0.962 bits per heavy atom. The second kappa shape index (κ2) is 7.66. The van der Waals surface area contributed by atoms with Crippen molar-refractivity contribution in [2.75, 3.05) is 13.1 Å². The second-order valence-electron chi connectivity index (χ2n) is 6.28. The molecular weight excluding hydrogens is 356 g/mol. The standard InChI is InChI=1S/C19H19ClN2O4/c20-14-3-1-12(2-4-14)18(25)21-15-5-7-22(8-6-15)19(26)13-9-16(23)11-17(24)10-13/h1-4,9-11,15,23-24H,5-8H2,(H,21,25). The summed E-state index contributed by atoms with van der Waals surface area (Å²) in [5.41, 5.74) is 0.786. The first-order valence-electron chi connectivity index (χ1n) is 8.31. The predicted molar refractivity (Wildman–Crippen MR) is 97.6 cm³/mol. The zero-order valence-electron chi connectivity index (χ0n) is 14.0. The molecule has 1 saturated heterocycles. The van der Waals surface area contributed by atoms with Crippen molar-refractivity contribution in [1.29, 1.82) is 0 Å². The minimum atomic E-state index is -0.251. The van der Waals surface area contributed by atoms with Gasteiger partial charge in [-0.25, -0.2) is 0 Å². The maximum absolute atomic E-state index is 12.5. The number of amides is 2. The molecule has 0 radical (unpaired) electrons. The molecule has 0 aromatic heterocycles. The Hall–Kier alpha value is -2.73. The highest BCUT2D eigenvalue weighted by Crippen LogP contribution is 2.23. The Morgan fingerprint density at radius 3 is 2.12 bits per heavy atom. The van der Waals surface area contributed by atoms with Gasteiger partial charge in [-0.3, -0.25) is 9.59 Å². The van der Waals surface area contributed by atoms with Crippen molar-refractivity contribution in [3.05, 3.63) is 58.6 Å². The van der Waals surface area contributed by atoms with Gasteiger partial charge in [0.2, 0.25) is 0 Å². The van der Waals surface area contributed by atoms with Gasteiger partial charge in [0.1, 0.15) is 11.5 Å². The first-order chi connectivity index (χ1) is 12.4. The summed E-state index contributed by atoms with van der Waals surface area (Å²) in [6.07, 6.45) is 1.27. The van der Waals surface area contributed by atoms with Crippen LogP contribution in [0.4, 0.5) is 0 Å². The number of nitrogens with one attached hydrogen (secondary N) is 1. The molecule has 0 bridgehead atoms. The number of carbonyl (C=O) groups excluding carboxylic acids is 2. The van der Waals surface area contributed by atoms with Crippen LogP contribution in [0.25, 0.3) is 0 Å². The van der Waals surface area contributed by atoms with Gasteiger partial charge in [-0.05, 0) is 49.2 Å². The fraction of sp³-hybridized carbons (Fsp3) is 0.263. The van der Waals surface area contributed by atoms with Gasteiger partial charge < -0.3 is 20.4 Å². The monoisotopic (exact) mass is 374 g/mol. The lowest BCUT2D eigenvalue weighted by Gasteiger charge is -2.32. The van der Waals surface area contributed by atoms with E-state index in [9.17, 15) is 19.8 Å². The fourth-order valence-electron chi connectivity index (χ4n) is 3.00. The van der Waals surface area contributed by atoms with Crippen LogP contribution in [0.5, 0.6) is 11.5 Å². The van der Waals surface area contributed by atoms with Crippen molar-refractivity contribution in [1.82, 2.24) is 10.2 Å². The minimum absolute atomic E-state index is 0.0141. The van der Waals surface area contributed by atoms with Gasteiger partial charge in [0.05, 0.1) is 0 Å². The van der Waals surface area contributed by atoms with E-state index in [0.29, 0.717) is 36.5 Å². The molecule has 0 spiro atoms. The third-order valence-electron chi connectivity index (χ3n) is 4.37. The maximum atomic E-state index is 12.5. The van der Waals surface area contributed by atoms with Gasteiger partial charge >= 0.3 is 0 Å². The van der Waals surface area contributed by atoms with Gasteiger partial charge in [0, 0.05) is 41.3 Å². The van der Waals surface area contributed by atoms with Crippen LogP contribution in [0, 0.1) is 0 Å². The number of hydrogen-bond acceptors (Lipinski definition) is 4. The lowest BCUT2D eigenvalue weighted by atomic mass is 10.0. The third-order valence-corrected chi connectivity index (χ3v) is 4.63. The summed E-state index contributed by atoms with van der Waals surface area (Å²) in [4.78, 5) is 26.4. The number of likely N-dealkylation sites (tertiary alicyclic amines) is 1. The largest absolute Gasteiger partial charge is 0.508 e. The number of carbonyl (C=O) groups is 2. The van der Waals surface area contributed by atoms with Crippen molar-refractivity contribution in [2.24, 2.45) is 0 Å². The normalized spacial score (nSPS) is 14.9. The summed E-state index contributed by atoms with van der Waals surface area (Å²) in [5, 5.41) is 22.6. The Kier molecular flexibility index (Phi) is 5.32. The highest BCUT2D eigenvalue weighted by Gasteiger charge is 2.25. The Balaban J connectivity index is 1.56. The Labute approximate surface area is 156 Å². The highest BCUT2D eigenvalue weighted by atomic mass is 35.5. The first kappa shape index (κ1) is 18.1. The summed E-state index contributed by atoms with van der Waals surface area (Å²) < 4.78 is 0. The molecule has 0 aliphatic carbocycles. The third kappa shape index (κ3) is 4.26. The van der Waals surface area contributed by atoms with E-state index in [1.807, 2.05) is 0 Å². The van der Waals surface area contributed by atoms with E-state index < -0.39 is 0 Å². The number of nitrogens with zero attached hydrogens (tertiary/aromatic N) is 1. The molecule has 2 aromatic carbocycles.